The lowest BCUT2D eigenvalue weighted by atomic mass is 9.95. The molecule has 0 aromatic carbocycles. The van der Waals surface area contributed by atoms with E-state index in [1.807, 2.05) is 0 Å². The molecule has 0 radical (unpaired) electrons. The maximum absolute atomic E-state index is 12.8. The molecule has 26 nitrogen and oxygen atoms in total. The maximum atomic E-state index is 12.8. The molecule has 0 aliphatic carbocycles. The average Bonchev–Trinajstić information content (AvgIpc) is 3.14. The minimum absolute atomic E-state index is 0.665. The van der Waals surface area contributed by atoms with Crippen LogP contribution in [0.3, 0.4) is 0 Å². The molecule has 1 N–H and O–H groups in total. The summed E-state index contributed by atoms with van der Waals surface area (Å²) in [6.07, 6.45) is -26.3. The van der Waals surface area contributed by atoms with Gasteiger partial charge >= 0.3 is 59.7 Å². The topological polar surface area (TPSA) is 329 Å². The van der Waals surface area contributed by atoms with Gasteiger partial charge in [-0.2, -0.15) is 0 Å². The SMILES string of the molecule is CC(=O)OC[C@H]1O[C@@H](O[C@H]2[C@H](OC(C)=O)[C@@H](OC(C)=O)[C@H](OC[C@H]3O[C@@H](O)[C@H](OC(C)=O)[C@@H](OC(C)=O)[C@@H]3OC(C)=O)O[C@@H]2COC(C)=O)[C@H](OC(C)=O)[C@@H](OC(C)=O)[C@H]1OC(C)=O. The van der Waals surface area contributed by atoms with E-state index in [-0.39, 0.29) is 0 Å². The van der Waals surface area contributed by atoms with Crippen LogP contribution in [0.2, 0.25) is 0 Å². The molecule has 0 saturated carbocycles. The van der Waals surface area contributed by atoms with E-state index in [1.54, 1.807) is 0 Å². The molecule has 0 aromatic heterocycles. The zero-order chi connectivity index (χ0) is 48.2. The molecule has 15 atom stereocenters. The number of hydrogen-bond donors (Lipinski definition) is 1. The third-order valence-corrected chi connectivity index (χ3v) is 8.83. The van der Waals surface area contributed by atoms with E-state index < -0.39 is 172 Å². The Bertz CT molecular complexity index is 1730. The Labute approximate surface area is 364 Å². The van der Waals surface area contributed by atoms with Crippen molar-refractivity contribution in [2.45, 2.75) is 161 Å². The summed E-state index contributed by atoms with van der Waals surface area (Å²) < 4.78 is 83.7. The molecule has 3 fully saturated rings. The molecular weight excluding hydrogens is 872 g/mol. The lowest BCUT2D eigenvalue weighted by Crippen LogP contribution is -2.67. The first-order chi connectivity index (χ1) is 29.9. The van der Waals surface area contributed by atoms with E-state index >= 15 is 0 Å². The highest BCUT2D eigenvalue weighted by molar-refractivity contribution is 5.70. The van der Waals surface area contributed by atoms with Crippen LogP contribution in [0.5, 0.6) is 0 Å². The van der Waals surface area contributed by atoms with Gasteiger partial charge in [-0.15, -0.1) is 0 Å². The van der Waals surface area contributed by atoms with E-state index in [1.165, 1.54) is 0 Å². The molecule has 64 heavy (non-hydrogen) atoms. The van der Waals surface area contributed by atoms with Crippen molar-refractivity contribution in [3.05, 3.63) is 0 Å². The number of rotatable bonds is 17. The number of aliphatic hydroxyl groups is 1. The van der Waals surface area contributed by atoms with Crippen LogP contribution in [0.15, 0.2) is 0 Å². The normalized spacial score (nSPS) is 32.3. The fraction of sp³-hybridized carbons (Fsp3) is 0.737. The lowest BCUT2D eigenvalue weighted by molar-refractivity contribution is -0.365. The van der Waals surface area contributed by atoms with Crippen molar-refractivity contribution in [1.29, 1.82) is 0 Å². The van der Waals surface area contributed by atoms with E-state index in [0.717, 1.165) is 69.2 Å². The predicted molar refractivity (Wildman–Crippen MR) is 197 cm³/mol. The number of ether oxygens (including phenoxy) is 15. The van der Waals surface area contributed by atoms with Crippen molar-refractivity contribution >= 4 is 59.7 Å². The highest BCUT2D eigenvalue weighted by atomic mass is 16.8. The van der Waals surface area contributed by atoms with Crippen molar-refractivity contribution in [3.8, 4) is 0 Å². The van der Waals surface area contributed by atoms with Crippen LogP contribution in [-0.4, -0.2) is 177 Å². The summed E-state index contributed by atoms with van der Waals surface area (Å²) in [6, 6.07) is 0. The molecule has 3 heterocycles. The van der Waals surface area contributed by atoms with Gasteiger partial charge in [0.2, 0.25) is 0 Å². The van der Waals surface area contributed by atoms with Crippen molar-refractivity contribution in [2.75, 3.05) is 19.8 Å². The Morgan fingerprint density at radius 1 is 0.344 bits per heavy atom. The number of carbonyl (C=O) groups excluding carboxylic acids is 10. The molecule has 0 aromatic rings. The van der Waals surface area contributed by atoms with Crippen LogP contribution in [0.25, 0.3) is 0 Å². The third kappa shape index (κ3) is 15.6. The average molecular weight is 925 g/mol. The summed E-state index contributed by atoms with van der Waals surface area (Å²) >= 11 is 0. The predicted octanol–water partition coefficient (Wildman–Crippen LogP) is -1.86. The maximum Gasteiger partial charge on any atom is 0.303 e. The zero-order valence-corrected chi connectivity index (χ0v) is 36.4. The fourth-order valence-corrected chi connectivity index (χ4v) is 6.80. The van der Waals surface area contributed by atoms with Gasteiger partial charge in [0.15, 0.2) is 67.7 Å². The Balaban J connectivity index is 2.16. The molecule has 0 bridgehead atoms. The minimum atomic E-state index is -2.02. The molecule has 3 aliphatic rings. The number of aliphatic hydroxyl groups excluding tert-OH is 1. The number of carbonyl (C=O) groups is 10. The van der Waals surface area contributed by atoms with Gasteiger partial charge in [-0.3, -0.25) is 47.9 Å². The molecule has 0 spiro atoms. The first-order valence-electron chi connectivity index (χ1n) is 19.4. The van der Waals surface area contributed by atoms with Gasteiger partial charge in [-0.1, -0.05) is 0 Å². The summed E-state index contributed by atoms with van der Waals surface area (Å²) in [5, 5.41) is 10.9. The van der Waals surface area contributed by atoms with Gasteiger partial charge in [0.25, 0.3) is 0 Å². The summed E-state index contributed by atoms with van der Waals surface area (Å²) in [6.45, 7) is 7.71. The monoisotopic (exact) mass is 924 g/mol. The standard InChI is InChI=1S/C38H52O26/c1-14(39)50-11-25-28(54-17(4)42)31(56-19(6)44)35(60-23(10)48)38(63-25)64-29-26(12-51-15(2)40)62-37(34(59-22(9)47)32(29)57-20(7)45)52-13-24-27(53-16(3)41)30(55-18(5)43)33(36(49)61-24)58-21(8)46/h24-38,49H,11-13H2,1-10H3/t24-,25-,26-,27-,28+,29-,30+,31+,32+,33-,34-,35-,36-,37-,38+/m1/s1. The Kier molecular flexibility index (Phi) is 19.8. The minimum Gasteiger partial charge on any atom is -0.463 e. The molecule has 0 unspecified atom stereocenters. The Hall–Kier alpha value is -5.54. The van der Waals surface area contributed by atoms with Gasteiger partial charge in [0.05, 0.1) is 6.61 Å². The first-order valence-corrected chi connectivity index (χ1v) is 19.4. The van der Waals surface area contributed by atoms with Crippen molar-refractivity contribution < 1.29 is 124 Å². The molecule has 26 heteroatoms. The highest BCUT2D eigenvalue weighted by Crippen LogP contribution is 2.36. The van der Waals surface area contributed by atoms with Crippen molar-refractivity contribution in [3.63, 3.8) is 0 Å². The van der Waals surface area contributed by atoms with E-state index in [9.17, 15) is 53.1 Å². The smallest absolute Gasteiger partial charge is 0.303 e. The van der Waals surface area contributed by atoms with Crippen molar-refractivity contribution in [2.24, 2.45) is 0 Å². The van der Waals surface area contributed by atoms with Crippen LogP contribution >= 0.6 is 0 Å². The second-order valence-corrected chi connectivity index (χ2v) is 14.3. The second kappa shape index (κ2) is 23.9. The van der Waals surface area contributed by atoms with Gasteiger partial charge in [0, 0.05) is 69.2 Å². The Morgan fingerprint density at radius 3 is 1.05 bits per heavy atom. The summed E-state index contributed by atoms with van der Waals surface area (Å²) in [5.74, 6) is -9.47. The summed E-state index contributed by atoms with van der Waals surface area (Å²) in [7, 11) is 0. The molecule has 3 rings (SSSR count). The van der Waals surface area contributed by atoms with E-state index in [2.05, 4.69) is 0 Å². The highest BCUT2D eigenvalue weighted by Gasteiger charge is 2.58. The summed E-state index contributed by atoms with van der Waals surface area (Å²) in [4.78, 5) is 123. The largest absolute Gasteiger partial charge is 0.463 e. The number of hydrogen-bond acceptors (Lipinski definition) is 26. The first kappa shape index (κ1) is 52.8. The molecule has 3 aliphatic heterocycles. The quantitative estimate of drug-likeness (QED) is 0.123. The van der Waals surface area contributed by atoms with E-state index in [0.29, 0.717) is 0 Å². The number of esters is 10. The Morgan fingerprint density at radius 2 is 0.641 bits per heavy atom. The molecule has 0 amide bonds. The van der Waals surface area contributed by atoms with Crippen LogP contribution in [-0.2, 0) is 119 Å². The van der Waals surface area contributed by atoms with Crippen LogP contribution < -0.4 is 0 Å². The molecule has 3 saturated heterocycles. The van der Waals surface area contributed by atoms with Crippen LogP contribution in [0.1, 0.15) is 69.2 Å². The van der Waals surface area contributed by atoms with E-state index in [4.69, 9.17) is 71.1 Å². The van der Waals surface area contributed by atoms with Gasteiger partial charge in [-0.25, -0.2) is 0 Å². The van der Waals surface area contributed by atoms with Gasteiger partial charge in [0.1, 0.15) is 37.6 Å². The van der Waals surface area contributed by atoms with Crippen molar-refractivity contribution in [1.82, 2.24) is 0 Å². The van der Waals surface area contributed by atoms with Crippen LogP contribution in [0, 0.1) is 0 Å². The lowest BCUT2D eigenvalue weighted by Gasteiger charge is -2.49. The fourth-order valence-electron chi connectivity index (χ4n) is 6.80. The van der Waals surface area contributed by atoms with Gasteiger partial charge in [-0.05, 0) is 0 Å². The summed E-state index contributed by atoms with van der Waals surface area (Å²) in [5.41, 5.74) is 0. The van der Waals surface area contributed by atoms with Gasteiger partial charge < -0.3 is 76.2 Å². The molecular formula is C38H52O26. The van der Waals surface area contributed by atoms with Crippen LogP contribution in [0.4, 0.5) is 0 Å². The second-order valence-electron chi connectivity index (χ2n) is 14.3. The zero-order valence-electron chi connectivity index (χ0n) is 36.4. The molecule has 360 valence electrons. The third-order valence-electron chi connectivity index (χ3n) is 8.83.